The van der Waals surface area contributed by atoms with Gasteiger partial charge >= 0.3 is 0 Å². The Kier molecular flexibility index (Phi) is 6.34. The van der Waals surface area contributed by atoms with E-state index in [9.17, 15) is 9.59 Å². The largest absolute Gasteiger partial charge is 0.334 e. The predicted octanol–water partition coefficient (Wildman–Crippen LogP) is 4.94. The molecular weight excluding hydrogens is 342 g/mol. The van der Waals surface area contributed by atoms with Crippen molar-refractivity contribution < 1.29 is 9.59 Å². The summed E-state index contributed by atoms with van der Waals surface area (Å²) in [6, 6.07) is 23.6. The molecule has 3 nitrogen and oxygen atoms in total. The Hall–Kier alpha value is -2.72. The Labute approximate surface area is 157 Å². The van der Waals surface area contributed by atoms with Gasteiger partial charge in [-0.05, 0) is 22.6 Å². The van der Waals surface area contributed by atoms with Gasteiger partial charge in [-0.25, -0.2) is 0 Å². The molecule has 1 aromatic heterocycles. The number of thiophene rings is 1. The van der Waals surface area contributed by atoms with Gasteiger partial charge in [0.05, 0.1) is 4.88 Å². The molecule has 132 valence electrons. The molecule has 3 aromatic rings. The number of carbonyl (C=O) groups is 2. The Morgan fingerprint density at radius 1 is 0.731 bits per heavy atom. The van der Waals surface area contributed by atoms with Crippen LogP contribution in [0.2, 0.25) is 0 Å². The normalized spacial score (nSPS) is 10.5. The molecule has 3 rings (SSSR count). The van der Waals surface area contributed by atoms with E-state index in [1.54, 1.807) is 0 Å². The van der Waals surface area contributed by atoms with E-state index < -0.39 is 0 Å². The van der Waals surface area contributed by atoms with Crippen LogP contribution in [0.25, 0.3) is 0 Å². The van der Waals surface area contributed by atoms with Crippen molar-refractivity contribution in [1.29, 1.82) is 0 Å². The van der Waals surface area contributed by atoms with Gasteiger partial charge in [-0.2, -0.15) is 0 Å². The fourth-order valence-electron chi connectivity index (χ4n) is 2.78. The molecule has 4 heteroatoms. The van der Waals surface area contributed by atoms with Gasteiger partial charge in [-0.15, -0.1) is 11.3 Å². The summed E-state index contributed by atoms with van der Waals surface area (Å²) in [5.41, 5.74) is 2.17. The summed E-state index contributed by atoms with van der Waals surface area (Å²) in [7, 11) is 0. The molecule has 0 radical (unpaired) electrons. The SMILES string of the molecule is O=C(CCC(=O)N(Cc1ccccc1)Cc1ccccc1)c1cccs1. The van der Waals surface area contributed by atoms with Crippen LogP contribution in [0.1, 0.15) is 33.6 Å². The third-order valence-electron chi connectivity index (χ3n) is 4.15. The fraction of sp³-hybridized carbons (Fsp3) is 0.182. The van der Waals surface area contributed by atoms with Gasteiger partial charge < -0.3 is 4.90 Å². The van der Waals surface area contributed by atoms with Gasteiger partial charge in [-0.1, -0.05) is 66.7 Å². The van der Waals surface area contributed by atoms with E-state index in [1.165, 1.54) is 11.3 Å². The summed E-state index contributed by atoms with van der Waals surface area (Å²) >= 11 is 1.42. The molecule has 0 unspecified atom stereocenters. The Morgan fingerprint density at radius 2 is 1.31 bits per heavy atom. The second-order valence-electron chi connectivity index (χ2n) is 6.12. The number of nitrogens with zero attached hydrogens (tertiary/aromatic N) is 1. The summed E-state index contributed by atoms with van der Waals surface area (Å²) in [6.45, 7) is 1.09. The van der Waals surface area contributed by atoms with E-state index in [4.69, 9.17) is 0 Å². The minimum atomic E-state index is 0.00242. The standard InChI is InChI=1S/C22H21NO2S/c24-20(21-12-7-15-26-21)13-14-22(25)23(16-18-8-3-1-4-9-18)17-19-10-5-2-6-11-19/h1-12,15H,13-14,16-17H2. The Bertz CT molecular complexity index is 788. The average molecular weight is 363 g/mol. The minimum Gasteiger partial charge on any atom is -0.334 e. The van der Waals surface area contributed by atoms with Crippen LogP contribution in [0.3, 0.4) is 0 Å². The molecule has 26 heavy (non-hydrogen) atoms. The maximum absolute atomic E-state index is 12.8. The van der Waals surface area contributed by atoms with E-state index in [0.29, 0.717) is 13.1 Å². The van der Waals surface area contributed by atoms with Crippen molar-refractivity contribution in [3.8, 4) is 0 Å². The third-order valence-corrected chi connectivity index (χ3v) is 5.06. The van der Waals surface area contributed by atoms with Crippen molar-refractivity contribution in [2.45, 2.75) is 25.9 Å². The summed E-state index contributed by atoms with van der Waals surface area (Å²) in [4.78, 5) is 27.5. The number of rotatable bonds is 8. The van der Waals surface area contributed by atoms with E-state index >= 15 is 0 Å². The molecule has 1 amide bonds. The molecule has 0 saturated carbocycles. The zero-order chi connectivity index (χ0) is 18.2. The maximum Gasteiger partial charge on any atom is 0.223 e. The number of Topliss-reactive ketones (excluding diaryl/α,β-unsaturated/α-hetero) is 1. The molecule has 0 aliphatic heterocycles. The molecular formula is C22H21NO2S. The maximum atomic E-state index is 12.8. The number of hydrogen-bond acceptors (Lipinski definition) is 3. The lowest BCUT2D eigenvalue weighted by molar-refractivity contribution is -0.132. The molecule has 0 aliphatic carbocycles. The van der Waals surface area contributed by atoms with Crippen LogP contribution in [-0.2, 0) is 17.9 Å². The Morgan fingerprint density at radius 3 is 1.81 bits per heavy atom. The fourth-order valence-corrected chi connectivity index (χ4v) is 3.47. The van der Waals surface area contributed by atoms with Gasteiger partial charge in [0.1, 0.15) is 0 Å². The molecule has 0 aliphatic rings. The van der Waals surface area contributed by atoms with Gasteiger partial charge in [-0.3, -0.25) is 9.59 Å². The van der Waals surface area contributed by atoms with Crippen molar-refractivity contribution in [3.63, 3.8) is 0 Å². The topological polar surface area (TPSA) is 37.4 Å². The number of carbonyl (C=O) groups excluding carboxylic acids is 2. The molecule has 0 N–H and O–H groups in total. The van der Waals surface area contributed by atoms with E-state index in [2.05, 4.69) is 0 Å². The predicted molar refractivity (Wildman–Crippen MR) is 105 cm³/mol. The summed E-state index contributed by atoms with van der Waals surface area (Å²) in [6.07, 6.45) is 0.482. The molecule has 0 bridgehead atoms. The first-order chi connectivity index (χ1) is 12.7. The highest BCUT2D eigenvalue weighted by atomic mass is 32.1. The molecule has 2 aromatic carbocycles. The first-order valence-corrected chi connectivity index (χ1v) is 9.52. The van der Waals surface area contributed by atoms with E-state index in [-0.39, 0.29) is 24.5 Å². The molecule has 0 fully saturated rings. The second-order valence-corrected chi connectivity index (χ2v) is 7.07. The van der Waals surface area contributed by atoms with Crippen molar-refractivity contribution in [2.75, 3.05) is 0 Å². The summed E-state index contributed by atoms with van der Waals surface area (Å²) in [5.74, 6) is 0.0373. The first-order valence-electron chi connectivity index (χ1n) is 8.65. The molecule has 1 heterocycles. The quantitative estimate of drug-likeness (QED) is 0.532. The van der Waals surface area contributed by atoms with Gasteiger partial charge in [0.25, 0.3) is 0 Å². The Balaban J connectivity index is 1.67. The van der Waals surface area contributed by atoms with Crippen molar-refractivity contribution in [3.05, 3.63) is 94.2 Å². The molecule has 0 saturated heterocycles. The number of ketones is 1. The summed E-state index contributed by atoms with van der Waals surface area (Å²) < 4.78 is 0. The summed E-state index contributed by atoms with van der Waals surface area (Å²) in [5, 5.41) is 1.88. The van der Waals surface area contributed by atoms with Crippen molar-refractivity contribution in [2.24, 2.45) is 0 Å². The number of amides is 1. The van der Waals surface area contributed by atoms with Crippen LogP contribution in [0.4, 0.5) is 0 Å². The van der Waals surface area contributed by atoms with Gasteiger partial charge in [0, 0.05) is 25.9 Å². The second kappa shape index (κ2) is 9.11. The highest BCUT2D eigenvalue weighted by Gasteiger charge is 2.17. The zero-order valence-corrected chi connectivity index (χ0v) is 15.3. The van der Waals surface area contributed by atoms with Gasteiger partial charge in [0.15, 0.2) is 5.78 Å². The van der Waals surface area contributed by atoms with Crippen molar-refractivity contribution in [1.82, 2.24) is 4.90 Å². The molecule has 0 atom stereocenters. The average Bonchev–Trinajstić information content (AvgIpc) is 3.22. The first kappa shape index (κ1) is 18.1. The van der Waals surface area contributed by atoms with Crippen LogP contribution in [-0.4, -0.2) is 16.6 Å². The van der Waals surface area contributed by atoms with E-state index in [1.807, 2.05) is 83.1 Å². The zero-order valence-electron chi connectivity index (χ0n) is 14.5. The lowest BCUT2D eigenvalue weighted by Gasteiger charge is -2.23. The van der Waals surface area contributed by atoms with Crippen LogP contribution < -0.4 is 0 Å². The lowest BCUT2D eigenvalue weighted by atomic mass is 10.1. The minimum absolute atomic E-state index is 0.00242. The highest BCUT2D eigenvalue weighted by molar-refractivity contribution is 7.12. The van der Waals surface area contributed by atoms with Crippen LogP contribution in [0.15, 0.2) is 78.2 Å². The highest BCUT2D eigenvalue weighted by Crippen LogP contribution is 2.15. The van der Waals surface area contributed by atoms with Crippen LogP contribution in [0.5, 0.6) is 0 Å². The number of hydrogen-bond donors (Lipinski definition) is 0. The lowest BCUT2D eigenvalue weighted by Crippen LogP contribution is -2.30. The molecule has 0 spiro atoms. The van der Waals surface area contributed by atoms with Gasteiger partial charge in [0.2, 0.25) is 5.91 Å². The van der Waals surface area contributed by atoms with E-state index in [0.717, 1.165) is 16.0 Å². The van der Waals surface area contributed by atoms with Crippen LogP contribution >= 0.6 is 11.3 Å². The monoisotopic (exact) mass is 363 g/mol. The van der Waals surface area contributed by atoms with Crippen LogP contribution in [0, 0.1) is 0 Å². The third kappa shape index (κ3) is 5.14. The number of benzene rings is 2. The smallest absolute Gasteiger partial charge is 0.223 e. The van der Waals surface area contributed by atoms with Crippen molar-refractivity contribution >= 4 is 23.0 Å².